The minimum absolute atomic E-state index is 0.443. The normalized spacial score (nSPS) is 27.2. The largest absolute Gasteiger partial charge is 0.448 e. The van der Waals surface area contributed by atoms with E-state index in [1.165, 1.54) is 51.4 Å². The molecule has 94 valence electrons. The fraction of sp³-hybridized carbons (Fsp3) is 0.786. The van der Waals surface area contributed by atoms with E-state index in [-0.39, 0.29) is 0 Å². The molecule has 0 radical (unpaired) electrons. The Morgan fingerprint density at radius 2 is 1.88 bits per heavy atom. The van der Waals surface area contributed by atoms with Gasteiger partial charge in [-0.05, 0) is 32.2 Å². The Morgan fingerprint density at radius 3 is 2.59 bits per heavy atom. The molecule has 2 fully saturated rings. The van der Waals surface area contributed by atoms with E-state index < -0.39 is 0 Å². The number of rotatable bonds is 2. The van der Waals surface area contributed by atoms with Gasteiger partial charge in [-0.25, -0.2) is 4.98 Å². The highest BCUT2D eigenvalue weighted by Gasteiger charge is 2.23. The maximum Gasteiger partial charge on any atom is 0.197 e. The highest BCUT2D eigenvalue weighted by atomic mass is 16.3. The minimum Gasteiger partial charge on any atom is -0.448 e. The minimum atomic E-state index is 0.443. The van der Waals surface area contributed by atoms with E-state index >= 15 is 0 Å². The van der Waals surface area contributed by atoms with Crippen LogP contribution in [0.5, 0.6) is 0 Å². The summed E-state index contributed by atoms with van der Waals surface area (Å²) >= 11 is 0. The molecule has 3 nitrogen and oxygen atoms in total. The van der Waals surface area contributed by atoms with E-state index in [1.807, 2.05) is 6.26 Å². The van der Waals surface area contributed by atoms with E-state index in [0.717, 1.165) is 18.1 Å². The molecule has 0 bridgehead atoms. The summed E-state index contributed by atoms with van der Waals surface area (Å²) in [6.07, 6.45) is 12.3. The van der Waals surface area contributed by atoms with Crippen molar-refractivity contribution in [2.45, 2.75) is 63.3 Å². The van der Waals surface area contributed by atoms with Gasteiger partial charge in [-0.2, -0.15) is 0 Å². The van der Waals surface area contributed by atoms with Gasteiger partial charge in [0.1, 0.15) is 6.26 Å². The van der Waals surface area contributed by atoms with Crippen LogP contribution in [0, 0.1) is 0 Å². The number of nitrogens with one attached hydrogen (secondary N) is 1. The van der Waals surface area contributed by atoms with Gasteiger partial charge in [0, 0.05) is 5.92 Å². The van der Waals surface area contributed by atoms with Gasteiger partial charge in [-0.3, -0.25) is 0 Å². The Bertz CT molecular complexity index is 347. The smallest absolute Gasteiger partial charge is 0.197 e. The molecular formula is C14H22N2O. The highest BCUT2D eigenvalue weighted by Crippen LogP contribution is 2.32. The summed E-state index contributed by atoms with van der Waals surface area (Å²) in [5.74, 6) is 1.57. The molecule has 1 unspecified atom stereocenters. The standard InChI is InChI=1S/C14H22N2O/c1-2-4-7-11(6-3-1)14-16-13(10-17-14)12-8-5-9-15-12/h10-12,15H,1-9H2. The summed E-state index contributed by atoms with van der Waals surface area (Å²) in [5.41, 5.74) is 1.13. The first-order valence-corrected chi connectivity index (χ1v) is 7.12. The van der Waals surface area contributed by atoms with E-state index in [1.54, 1.807) is 0 Å². The topological polar surface area (TPSA) is 38.1 Å². The van der Waals surface area contributed by atoms with Crippen LogP contribution >= 0.6 is 0 Å². The Hall–Kier alpha value is -0.830. The molecule has 1 aliphatic heterocycles. The maximum absolute atomic E-state index is 5.72. The lowest BCUT2D eigenvalue weighted by Gasteiger charge is -2.09. The van der Waals surface area contributed by atoms with Gasteiger partial charge in [0.2, 0.25) is 0 Å². The van der Waals surface area contributed by atoms with Gasteiger partial charge in [-0.15, -0.1) is 0 Å². The van der Waals surface area contributed by atoms with E-state index in [9.17, 15) is 0 Å². The SMILES string of the molecule is c1oc(C2CCCCCC2)nc1C1CCCN1. The van der Waals surface area contributed by atoms with Crippen molar-refractivity contribution in [1.82, 2.24) is 10.3 Å². The van der Waals surface area contributed by atoms with E-state index in [4.69, 9.17) is 9.40 Å². The molecule has 2 heterocycles. The van der Waals surface area contributed by atoms with Gasteiger partial charge in [0.05, 0.1) is 11.7 Å². The zero-order valence-corrected chi connectivity index (χ0v) is 10.5. The fourth-order valence-electron chi connectivity index (χ4n) is 3.11. The van der Waals surface area contributed by atoms with Crippen LogP contribution in [0.4, 0.5) is 0 Å². The summed E-state index contributed by atoms with van der Waals surface area (Å²) in [4.78, 5) is 4.73. The summed E-state index contributed by atoms with van der Waals surface area (Å²) in [6, 6.07) is 0.443. The van der Waals surface area contributed by atoms with Gasteiger partial charge < -0.3 is 9.73 Å². The lowest BCUT2D eigenvalue weighted by molar-refractivity contribution is 0.419. The molecule has 1 N–H and O–H groups in total. The molecule has 1 atom stereocenters. The maximum atomic E-state index is 5.72. The zero-order chi connectivity index (χ0) is 11.5. The second kappa shape index (κ2) is 5.21. The van der Waals surface area contributed by atoms with Crippen molar-refractivity contribution < 1.29 is 4.42 Å². The molecule has 0 amide bonds. The Labute approximate surface area is 103 Å². The van der Waals surface area contributed by atoms with Gasteiger partial charge in [-0.1, -0.05) is 25.7 Å². The van der Waals surface area contributed by atoms with Crippen LogP contribution in [0.1, 0.15) is 74.9 Å². The van der Waals surface area contributed by atoms with Crippen LogP contribution < -0.4 is 5.32 Å². The number of nitrogens with zero attached hydrogens (tertiary/aromatic N) is 1. The Kier molecular flexibility index (Phi) is 3.46. The van der Waals surface area contributed by atoms with Crippen molar-refractivity contribution in [3.05, 3.63) is 17.8 Å². The fourth-order valence-corrected chi connectivity index (χ4v) is 3.11. The van der Waals surface area contributed by atoms with E-state index in [2.05, 4.69) is 5.32 Å². The molecule has 1 aromatic heterocycles. The molecule has 0 aromatic carbocycles. The van der Waals surface area contributed by atoms with Crippen molar-refractivity contribution in [1.29, 1.82) is 0 Å². The number of hydrogen-bond donors (Lipinski definition) is 1. The summed E-state index contributed by atoms with van der Waals surface area (Å²) in [7, 11) is 0. The molecule has 3 heteroatoms. The third-order valence-electron chi connectivity index (χ3n) is 4.16. The number of hydrogen-bond acceptors (Lipinski definition) is 3. The van der Waals surface area contributed by atoms with Crippen LogP contribution in [0.15, 0.2) is 10.7 Å². The first-order valence-electron chi connectivity index (χ1n) is 7.12. The summed E-state index contributed by atoms with van der Waals surface area (Å²) in [5, 5.41) is 3.48. The molecule has 3 rings (SSSR count). The first-order chi connectivity index (χ1) is 8.43. The highest BCUT2D eigenvalue weighted by molar-refractivity contribution is 5.07. The van der Waals surface area contributed by atoms with Crippen molar-refractivity contribution >= 4 is 0 Å². The van der Waals surface area contributed by atoms with Gasteiger partial charge >= 0.3 is 0 Å². The molecule has 1 aliphatic carbocycles. The molecule has 1 saturated carbocycles. The van der Waals surface area contributed by atoms with Crippen LogP contribution in [-0.2, 0) is 0 Å². The number of aromatic nitrogens is 1. The van der Waals surface area contributed by atoms with Crippen molar-refractivity contribution in [3.63, 3.8) is 0 Å². The molecule has 17 heavy (non-hydrogen) atoms. The molecule has 0 spiro atoms. The van der Waals surface area contributed by atoms with Crippen molar-refractivity contribution in [2.24, 2.45) is 0 Å². The predicted molar refractivity (Wildman–Crippen MR) is 66.9 cm³/mol. The first kappa shape index (κ1) is 11.3. The Balaban J connectivity index is 1.70. The van der Waals surface area contributed by atoms with Crippen LogP contribution in [0.3, 0.4) is 0 Å². The monoisotopic (exact) mass is 234 g/mol. The molecule has 1 saturated heterocycles. The molecule has 1 aromatic rings. The summed E-state index contributed by atoms with van der Waals surface area (Å²) < 4.78 is 5.72. The second-order valence-corrected chi connectivity index (χ2v) is 5.45. The van der Waals surface area contributed by atoms with Crippen LogP contribution in [0.2, 0.25) is 0 Å². The third kappa shape index (κ3) is 2.54. The average molecular weight is 234 g/mol. The molecule has 2 aliphatic rings. The van der Waals surface area contributed by atoms with Crippen molar-refractivity contribution in [3.8, 4) is 0 Å². The quantitative estimate of drug-likeness (QED) is 0.795. The van der Waals surface area contributed by atoms with E-state index in [0.29, 0.717) is 12.0 Å². The zero-order valence-electron chi connectivity index (χ0n) is 10.5. The Morgan fingerprint density at radius 1 is 1.06 bits per heavy atom. The molecular weight excluding hydrogens is 212 g/mol. The lowest BCUT2D eigenvalue weighted by Crippen LogP contribution is -2.13. The summed E-state index contributed by atoms with van der Waals surface area (Å²) in [6.45, 7) is 1.12. The van der Waals surface area contributed by atoms with Crippen LogP contribution in [0.25, 0.3) is 0 Å². The van der Waals surface area contributed by atoms with Gasteiger partial charge in [0.15, 0.2) is 5.89 Å². The third-order valence-corrected chi connectivity index (χ3v) is 4.16. The lowest BCUT2D eigenvalue weighted by atomic mass is 10.0. The van der Waals surface area contributed by atoms with Crippen molar-refractivity contribution in [2.75, 3.05) is 6.54 Å². The van der Waals surface area contributed by atoms with Crippen LogP contribution in [-0.4, -0.2) is 11.5 Å². The predicted octanol–water partition coefficient (Wildman–Crippen LogP) is 3.54. The average Bonchev–Trinajstić information content (AvgIpc) is 2.95. The second-order valence-electron chi connectivity index (χ2n) is 5.45. The van der Waals surface area contributed by atoms with Gasteiger partial charge in [0.25, 0.3) is 0 Å². The number of oxazole rings is 1.